The molecule has 0 amide bonds. The van der Waals surface area contributed by atoms with Crippen LogP contribution in [-0.2, 0) is 42.7 Å². The fourth-order valence-electron chi connectivity index (χ4n) is 5.12. The molecule has 0 aromatic heterocycles. The van der Waals surface area contributed by atoms with E-state index < -0.39 is 0 Å². The maximum atomic E-state index is 11.9. The van der Waals surface area contributed by atoms with E-state index in [2.05, 4.69) is 6.92 Å². The topological polar surface area (TPSA) is 111 Å². The molecule has 0 spiro atoms. The standard InChI is InChI=1S/C38H76O10/c1-2-3-4-5-6-7-8-9-10-11-12-13-14-15-16-17-18-19-20-21-38(40)48-37-36-47-35-34-46-33-32-45-31-30-44-29-28-43-27-26-42-25-24-41-23-22-39/h39H,2-37H2,1H3. The van der Waals surface area contributed by atoms with Gasteiger partial charge in [-0.15, -0.1) is 0 Å². The first kappa shape index (κ1) is 47.1. The Labute approximate surface area is 294 Å². The number of unbranched alkanes of at least 4 members (excludes halogenated alkanes) is 18. The van der Waals surface area contributed by atoms with Crippen molar-refractivity contribution in [3.8, 4) is 0 Å². The highest BCUT2D eigenvalue weighted by molar-refractivity contribution is 5.69. The number of hydrogen-bond acceptors (Lipinski definition) is 10. The van der Waals surface area contributed by atoms with Crippen molar-refractivity contribution in [1.29, 1.82) is 0 Å². The molecule has 0 saturated carbocycles. The van der Waals surface area contributed by atoms with Crippen LogP contribution >= 0.6 is 0 Å². The molecule has 0 radical (unpaired) electrons. The fraction of sp³-hybridized carbons (Fsp3) is 0.974. The van der Waals surface area contributed by atoms with Crippen LogP contribution in [0.15, 0.2) is 0 Å². The van der Waals surface area contributed by atoms with Crippen molar-refractivity contribution in [3.63, 3.8) is 0 Å². The predicted molar refractivity (Wildman–Crippen MR) is 192 cm³/mol. The first-order valence-electron chi connectivity index (χ1n) is 19.6. The van der Waals surface area contributed by atoms with Gasteiger partial charge in [-0.1, -0.05) is 122 Å². The lowest BCUT2D eigenvalue weighted by molar-refractivity contribution is -0.145. The zero-order valence-corrected chi connectivity index (χ0v) is 31.1. The molecule has 0 aromatic carbocycles. The smallest absolute Gasteiger partial charge is 0.305 e. The van der Waals surface area contributed by atoms with E-state index in [1.54, 1.807) is 0 Å². The summed E-state index contributed by atoms with van der Waals surface area (Å²) >= 11 is 0. The summed E-state index contributed by atoms with van der Waals surface area (Å²) in [5, 5.41) is 8.59. The van der Waals surface area contributed by atoms with Crippen LogP contribution in [0.4, 0.5) is 0 Å². The molecule has 1 N–H and O–H groups in total. The second-order valence-electron chi connectivity index (χ2n) is 12.3. The normalized spacial score (nSPS) is 11.5. The van der Waals surface area contributed by atoms with Crippen molar-refractivity contribution < 1.29 is 47.8 Å². The van der Waals surface area contributed by atoms with Crippen molar-refractivity contribution in [1.82, 2.24) is 0 Å². The minimum atomic E-state index is -0.127. The van der Waals surface area contributed by atoms with Gasteiger partial charge in [-0.05, 0) is 6.42 Å². The monoisotopic (exact) mass is 693 g/mol. The molecule has 0 bridgehead atoms. The van der Waals surface area contributed by atoms with Gasteiger partial charge in [0.2, 0.25) is 0 Å². The summed E-state index contributed by atoms with van der Waals surface area (Å²) in [6.45, 7) is 9.24. The Balaban J connectivity index is 3.14. The number of rotatable bonds is 43. The maximum absolute atomic E-state index is 11.9. The van der Waals surface area contributed by atoms with E-state index in [9.17, 15) is 4.79 Å². The van der Waals surface area contributed by atoms with Gasteiger partial charge in [0.15, 0.2) is 0 Å². The van der Waals surface area contributed by atoms with E-state index in [-0.39, 0.29) is 12.6 Å². The molecule has 0 aliphatic carbocycles. The van der Waals surface area contributed by atoms with Crippen LogP contribution in [-0.4, -0.2) is 117 Å². The zero-order chi connectivity index (χ0) is 34.7. The zero-order valence-electron chi connectivity index (χ0n) is 31.1. The Morgan fingerprint density at radius 1 is 0.354 bits per heavy atom. The summed E-state index contributed by atoms with van der Waals surface area (Å²) in [6.07, 6.45) is 26.1. The van der Waals surface area contributed by atoms with Gasteiger partial charge < -0.3 is 43.0 Å². The van der Waals surface area contributed by atoms with E-state index >= 15 is 0 Å². The Bertz CT molecular complexity index is 596. The number of esters is 1. The summed E-state index contributed by atoms with van der Waals surface area (Å²) in [6, 6.07) is 0. The third-order valence-electron chi connectivity index (χ3n) is 7.94. The highest BCUT2D eigenvalue weighted by Gasteiger charge is 2.03. The average Bonchev–Trinajstić information content (AvgIpc) is 3.09. The molecule has 0 heterocycles. The van der Waals surface area contributed by atoms with Gasteiger partial charge in [-0.3, -0.25) is 4.79 Å². The molecule has 0 aliphatic heterocycles. The van der Waals surface area contributed by atoms with E-state index in [0.29, 0.717) is 106 Å². The van der Waals surface area contributed by atoms with Gasteiger partial charge in [-0.2, -0.15) is 0 Å². The molecule has 0 unspecified atom stereocenters. The SMILES string of the molecule is CCCCCCCCCCCCCCCCCCCCCC(=O)OCCOCCOCCOCCOCCOCCOCCOCCO. The Hall–Kier alpha value is -0.850. The van der Waals surface area contributed by atoms with Gasteiger partial charge in [-0.25, -0.2) is 0 Å². The molecule has 10 nitrogen and oxygen atoms in total. The van der Waals surface area contributed by atoms with Crippen molar-refractivity contribution in [2.24, 2.45) is 0 Å². The lowest BCUT2D eigenvalue weighted by Gasteiger charge is -2.08. The number of aliphatic hydroxyl groups is 1. The third kappa shape index (κ3) is 43.2. The van der Waals surface area contributed by atoms with Crippen molar-refractivity contribution in [2.45, 2.75) is 135 Å². The third-order valence-corrected chi connectivity index (χ3v) is 7.94. The Morgan fingerprint density at radius 2 is 0.604 bits per heavy atom. The minimum Gasteiger partial charge on any atom is -0.463 e. The molecular formula is C38H76O10. The number of carbonyl (C=O) groups excluding carboxylic acids is 1. The first-order valence-corrected chi connectivity index (χ1v) is 19.6. The number of carbonyl (C=O) groups is 1. The van der Waals surface area contributed by atoms with Gasteiger partial charge in [0.05, 0.1) is 99.1 Å². The molecule has 0 atom stereocenters. The highest BCUT2D eigenvalue weighted by Crippen LogP contribution is 2.15. The van der Waals surface area contributed by atoms with Crippen molar-refractivity contribution >= 4 is 5.97 Å². The molecule has 0 aromatic rings. The molecule has 0 saturated heterocycles. The molecule has 48 heavy (non-hydrogen) atoms. The fourth-order valence-corrected chi connectivity index (χ4v) is 5.12. The van der Waals surface area contributed by atoms with Crippen LogP contribution in [0.25, 0.3) is 0 Å². The maximum Gasteiger partial charge on any atom is 0.305 e. The Morgan fingerprint density at radius 3 is 0.896 bits per heavy atom. The van der Waals surface area contributed by atoms with Crippen LogP contribution < -0.4 is 0 Å². The number of hydrogen-bond donors (Lipinski definition) is 1. The van der Waals surface area contributed by atoms with Crippen molar-refractivity contribution in [2.75, 3.05) is 106 Å². The lowest BCUT2D eigenvalue weighted by atomic mass is 10.0. The molecule has 288 valence electrons. The summed E-state index contributed by atoms with van der Waals surface area (Å²) in [5.41, 5.74) is 0. The number of ether oxygens (including phenoxy) is 8. The summed E-state index contributed by atoms with van der Waals surface area (Å²) in [7, 11) is 0. The summed E-state index contributed by atoms with van der Waals surface area (Å²) in [4.78, 5) is 11.9. The molecule has 0 fully saturated rings. The molecule has 10 heteroatoms. The second-order valence-corrected chi connectivity index (χ2v) is 12.3. The molecule has 0 aliphatic rings. The first-order chi connectivity index (χ1) is 23.8. The van der Waals surface area contributed by atoms with E-state index in [1.807, 2.05) is 0 Å². The summed E-state index contributed by atoms with van der Waals surface area (Å²) < 4.78 is 43.0. The van der Waals surface area contributed by atoms with E-state index in [1.165, 1.54) is 109 Å². The highest BCUT2D eigenvalue weighted by atomic mass is 16.6. The van der Waals surface area contributed by atoms with Crippen molar-refractivity contribution in [3.05, 3.63) is 0 Å². The van der Waals surface area contributed by atoms with Crippen LogP contribution in [0.2, 0.25) is 0 Å². The number of aliphatic hydroxyl groups excluding tert-OH is 1. The quantitative estimate of drug-likeness (QED) is 0.0511. The van der Waals surface area contributed by atoms with E-state index in [4.69, 9.17) is 43.0 Å². The van der Waals surface area contributed by atoms with Crippen LogP contribution in [0.5, 0.6) is 0 Å². The lowest BCUT2D eigenvalue weighted by Crippen LogP contribution is -2.15. The van der Waals surface area contributed by atoms with Gasteiger partial charge in [0.25, 0.3) is 0 Å². The van der Waals surface area contributed by atoms with Gasteiger partial charge in [0, 0.05) is 6.42 Å². The second kappa shape index (κ2) is 44.2. The predicted octanol–water partition coefficient (Wildman–Crippen LogP) is 7.46. The van der Waals surface area contributed by atoms with Crippen LogP contribution in [0, 0.1) is 0 Å². The van der Waals surface area contributed by atoms with Gasteiger partial charge >= 0.3 is 5.97 Å². The minimum absolute atomic E-state index is 0.0269. The molecule has 0 rings (SSSR count). The summed E-state index contributed by atoms with van der Waals surface area (Å²) in [5.74, 6) is -0.127. The average molecular weight is 693 g/mol. The largest absolute Gasteiger partial charge is 0.463 e. The molecular weight excluding hydrogens is 616 g/mol. The van der Waals surface area contributed by atoms with E-state index in [0.717, 1.165) is 12.8 Å². The van der Waals surface area contributed by atoms with Gasteiger partial charge in [0.1, 0.15) is 6.61 Å². The van der Waals surface area contributed by atoms with Crippen LogP contribution in [0.3, 0.4) is 0 Å². The van der Waals surface area contributed by atoms with Crippen LogP contribution in [0.1, 0.15) is 135 Å². The Kier molecular flexibility index (Phi) is 43.4.